The Hall–Kier alpha value is -2.93. The molecule has 7 heteroatoms. The maximum absolute atomic E-state index is 13.6. The van der Waals surface area contributed by atoms with E-state index in [1.807, 2.05) is 36.9 Å². The molecule has 3 rings (SSSR count). The van der Waals surface area contributed by atoms with E-state index in [0.29, 0.717) is 31.9 Å². The number of nitrogens with zero attached hydrogens (tertiary/aromatic N) is 2. The summed E-state index contributed by atoms with van der Waals surface area (Å²) in [5.41, 5.74) is 3.22. The molecule has 1 aliphatic heterocycles. The maximum atomic E-state index is 13.6. The van der Waals surface area contributed by atoms with Gasteiger partial charge in [0.15, 0.2) is 0 Å². The third kappa shape index (κ3) is 4.92. The molecule has 2 aromatic carbocycles. The molecule has 1 aliphatic rings. The molecular weight excluding hydrogens is 373 g/mol. The lowest BCUT2D eigenvalue weighted by molar-refractivity contribution is -0.117. The van der Waals surface area contributed by atoms with Crippen LogP contribution < -0.4 is 10.1 Å². The normalized spacial score (nSPS) is 14.6. The van der Waals surface area contributed by atoms with Crippen LogP contribution in [0.2, 0.25) is 0 Å². The van der Waals surface area contributed by atoms with Crippen molar-refractivity contribution in [1.29, 1.82) is 0 Å². The van der Waals surface area contributed by atoms with Gasteiger partial charge in [-0.15, -0.1) is 0 Å². The van der Waals surface area contributed by atoms with Gasteiger partial charge in [0.1, 0.15) is 11.6 Å². The minimum absolute atomic E-state index is 0.0784. The van der Waals surface area contributed by atoms with Crippen molar-refractivity contribution in [3.63, 3.8) is 0 Å². The highest BCUT2D eigenvalue weighted by Crippen LogP contribution is 2.22. The van der Waals surface area contributed by atoms with E-state index < -0.39 is 5.82 Å². The molecule has 0 saturated carbocycles. The molecular formula is C22H26FN3O3. The lowest BCUT2D eigenvalue weighted by Gasteiger charge is -2.34. The van der Waals surface area contributed by atoms with Gasteiger partial charge < -0.3 is 15.0 Å². The molecule has 0 bridgehead atoms. The first-order valence-electron chi connectivity index (χ1n) is 9.60. The molecule has 6 nitrogen and oxygen atoms in total. The first-order chi connectivity index (χ1) is 13.9. The number of halogens is 1. The van der Waals surface area contributed by atoms with Crippen LogP contribution in [0.4, 0.5) is 10.1 Å². The molecule has 0 aromatic heterocycles. The Morgan fingerprint density at radius 2 is 1.83 bits per heavy atom. The number of rotatable bonds is 5. The van der Waals surface area contributed by atoms with E-state index in [2.05, 4.69) is 5.32 Å². The molecule has 0 spiro atoms. The molecule has 0 atom stereocenters. The Balaban J connectivity index is 1.55. The highest BCUT2D eigenvalue weighted by molar-refractivity contribution is 5.97. The van der Waals surface area contributed by atoms with Gasteiger partial charge >= 0.3 is 0 Å². The molecule has 0 unspecified atom stereocenters. The van der Waals surface area contributed by atoms with Gasteiger partial charge in [-0.05, 0) is 49.2 Å². The number of piperazine rings is 1. The zero-order chi connectivity index (χ0) is 21.0. The van der Waals surface area contributed by atoms with Gasteiger partial charge in [0.05, 0.1) is 19.2 Å². The van der Waals surface area contributed by atoms with Crippen molar-refractivity contribution in [3.8, 4) is 5.75 Å². The van der Waals surface area contributed by atoms with E-state index in [1.165, 1.54) is 25.3 Å². The number of hydrogen-bond donors (Lipinski definition) is 1. The standard InChI is InChI=1S/C22H26FN3O3/c1-15-5-4-6-19(16(15)2)24-21(27)14-25-9-11-26(12-10-25)22(28)18-13-17(23)7-8-20(18)29-3/h4-8,13H,9-12,14H2,1-3H3,(H,24,27). The summed E-state index contributed by atoms with van der Waals surface area (Å²) in [5.74, 6) is -0.464. The average molecular weight is 399 g/mol. The van der Waals surface area contributed by atoms with Crippen molar-refractivity contribution in [2.45, 2.75) is 13.8 Å². The number of hydrogen-bond acceptors (Lipinski definition) is 4. The Kier molecular flexibility index (Phi) is 6.49. The van der Waals surface area contributed by atoms with Crippen molar-refractivity contribution in [3.05, 3.63) is 58.9 Å². The van der Waals surface area contributed by atoms with Crippen molar-refractivity contribution >= 4 is 17.5 Å². The fourth-order valence-electron chi connectivity index (χ4n) is 3.41. The van der Waals surface area contributed by atoms with Crippen LogP contribution >= 0.6 is 0 Å². The van der Waals surface area contributed by atoms with Gasteiger partial charge in [0, 0.05) is 31.9 Å². The van der Waals surface area contributed by atoms with Crippen molar-refractivity contribution in [2.24, 2.45) is 0 Å². The third-order valence-corrected chi connectivity index (χ3v) is 5.30. The summed E-state index contributed by atoms with van der Waals surface area (Å²) in [6.07, 6.45) is 0. The summed E-state index contributed by atoms with van der Waals surface area (Å²) in [6, 6.07) is 9.74. The molecule has 1 fully saturated rings. The van der Waals surface area contributed by atoms with Gasteiger partial charge in [0.2, 0.25) is 5.91 Å². The van der Waals surface area contributed by atoms with Crippen molar-refractivity contribution in [2.75, 3.05) is 45.2 Å². The minimum atomic E-state index is -0.476. The molecule has 1 saturated heterocycles. The van der Waals surface area contributed by atoms with Crippen LogP contribution in [0.15, 0.2) is 36.4 Å². The first kappa shape index (κ1) is 20.8. The fourth-order valence-corrected chi connectivity index (χ4v) is 3.41. The highest BCUT2D eigenvalue weighted by Gasteiger charge is 2.25. The van der Waals surface area contributed by atoms with Crippen LogP contribution in [-0.2, 0) is 4.79 Å². The predicted octanol–water partition coefficient (Wildman–Crippen LogP) is 2.85. The number of carbonyl (C=O) groups is 2. The molecule has 2 aromatic rings. The number of amides is 2. The Labute approximate surface area is 170 Å². The lowest BCUT2D eigenvalue weighted by atomic mass is 10.1. The minimum Gasteiger partial charge on any atom is -0.496 e. The van der Waals surface area contributed by atoms with Gasteiger partial charge in [-0.25, -0.2) is 4.39 Å². The van der Waals surface area contributed by atoms with E-state index in [0.717, 1.165) is 16.8 Å². The van der Waals surface area contributed by atoms with Gasteiger partial charge in [-0.1, -0.05) is 12.1 Å². The van der Waals surface area contributed by atoms with Crippen LogP contribution in [0.1, 0.15) is 21.5 Å². The number of aryl methyl sites for hydroxylation is 1. The van der Waals surface area contributed by atoms with Crippen LogP contribution in [0.3, 0.4) is 0 Å². The van der Waals surface area contributed by atoms with Crippen molar-refractivity contribution in [1.82, 2.24) is 9.80 Å². The summed E-state index contributed by atoms with van der Waals surface area (Å²) in [6.45, 7) is 6.33. The third-order valence-electron chi connectivity index (χ3n) is 5.30. The smallest absolute Gasteiger partial charge is 0.257 e. The van der Waals surface area contributed by atoms with Crippen LogP contribution in [0, 0.1) is 19.7 Å². The van der Waals surface area contributed by atoms with Crippen LogP contribution in [0.25, 0.3) is 0 Å². The lowest BCUT2D eigenvalue weighted by Crippen LogP contribution is -2.50. The summed E-state index contributed by atoms with van der Waals surface area (Å²) in [4.78, 5) is 28.8. The number of anilines is 1. The van der Waals surface area contributed by atoms with E-state index in [1.54, 1.807) is 4.90 Å². The topological polar surface area (TPSA) is 61.9 Å². The second-order valence-corrected chi connectivity index (χ2v) is 7.21. The predicted molar refractivity (Wildman–Crippen MR) is 110 cm³/mol. The average Bonchev–Trinajstić information content (AvgIpc) is 2.71. The summed E-state index contributed by atoms with van der Waals surface area (Å²) < 4.78 is 18.8. The van der Waals surface area contributed by atoms with E-state index in [9.17, 15) is 14.0 Å². The van der Waals surface area contributed by atoms with Gasteiger partial charge in [-0.3, -0.25) is 14.5 Å². The number of methoxy groups -OCH3 is 1. The van der Waals surface area contributed by atoms with E-state index in [4.69, 9.17) is 4.74 Å². The fraction of sp³-hybridized carbons (Fsp3) is 0.364. The summed E-state index contributed by atoms with van der Waals surface area (Å²) >= 11 is 0. The summed E-state index contributed by atoms with van der Waals surface area (Å²) in [5, 5.41) is 2.96. The molecule has 1 heterocycles. The monoisotopic (exact) mass is 399 g/mol. The van der Waals surface area contributed by atoms with E-state index in [-0.39, 0.29) is 23.9 Å². The zero-order valence-corrected chi connectivity index (χ0v) is 17.0. The zero-order valence-electron chi connectivity index (χ0n) is 17.0. The summed E-state index contributed by atoms with van der Waals surface area (Å²) in [7, 11) is 1.45. The molecule has 0 aliphatic carbocycles. The quantitative estimate of drug-likeness (QED) is 0.840. The van der Waals surface area contributed by atoms with Gasteiger partial charge in [-0.2, -0.15) is 0 Å². The Bertz CT molecular complexity index is 908. The number of ether oxygens (including phenoxy) is 1. The second-order valence-electron chi connectivity index (χ2n) is 7.21. The van der Waals surface area contributed by atoms with Crippen molar-refractivity contribution < 1.29 is 18.7 Å². The number of carbonyl (C=O) groups excluding carboxylic acids is 2. The molecule has 1 N–H and O–H groups in total. The van der Waals surface area contributed by atoms with Crippen LogP contribution in [-0.4, -0.2) is 61.4 Å². The molecule has 29 heavy (non-hydrogen) atoms. The first-order valence-corrected chi connectivity index (χ1v) is 9.60. The molecule has 154 valence electrons. The molecule has 2 amide bonds. The largest absolute Gasteiger partial charge is 0.496 e. The second kappa shape index (κ2) is 9.05. The highest BCUT2D eigenvalue weighted by atomic mass is 19.1. The molecule has 0 radical (unpaired) electrons. The van der Waals surface area contributed by atoms with Gasteiger partial charge in [0.25, 0.3) is 5.91 Å². The Morgan fingerprint density at radius 1 is 1.10 bits per heavy atom. The maximum Gasteiger partial charge on any atom is 0.257 e. The Morgan fingerprint density at radius 3 is 2.52 bits per heavy atom. The van der Waals surface area contributed by atoms with E-state index >= 15 is 0 Å². The van der Waals surface area contributed by atoms with Crippen LogP contribution in [0.5, 0.6) is 5.75 Å². The number of nitrogens with one attached hydrogen (secondary N) is 1. The number of benzene rings is 2. The SMILES string of the molecule is COc1ccc(F)cc1C(=O)N1CCN(CC(=O)Nc2cccc(C)c2C)CC1.